The van der Waals surface area contributed by atoms with Gasteiger partial charge in [-0.25, -0.2) is 0 Å². The molecule has 0 fully saturated rings. The average Bonchev–Trinajstić information content (AvgIpc) is 2.76. The van der Waals surface area contributed by atoms with Crippen LogP contribution in [0.3, 0.4) is 0 Å². The zero-order chi connectivity index (χ0) is 11.4. The molecule has 5 nitrogen and oxygen atoms in total. The summed E-state index contributed by atoms with van der Waals surface area (Å²) in [6.07, 6.45) is 0. The highest BCUT2D eigenvalue weighted by Gasteiger charge is 2.06. The summed E-state index contributed by atoms with van der Waals surface area (Å²) >= 11 is 0. The lowest BCUT2D eigenvalue weighted by atomic mass is 10.1. The largest absolute Gasteiger partial charge is 0.474 e. The number of benzene rings is 1. The lowest BCUT2D eigenvalue weighted by Gasteiger charge is -1.96. The summed E-state index contributed by atoms with van der Waals surface area (Å²) in [5.41, 5.74) is 12.5. The summed E-state index contributed by atoms with van der Waals surface area (Å²) in [7, 11) is 0. The van der Waals surface area contributed by atoms with E-state index in [9.17, 15) is 0 Å². The van der Waals surface area contributed by atoms with E-state index in [1.165, 1.54) is 0 Å². The van der Waals surface area contributed by atoms with Crippen molar-refractivity contribution in [2.24, 2.45) is 5.73 Å². The molecule has 0 aliphatic rings. The normalized spacial score (nSPS) is 9.17. The Morgan fingerprint density at radius 2 is 1.83 bits per heavy atom. The Morgan fingerprint density at radius 3 is 2.44 bits per heavy atom. The Labute approximate surface area is 117 Å². The van der Waals surface area contributed by atoms with E-state index in [2.05, 4.69) is 5.16 Å². The molecule has 2 rings (SSSR count). The van der Waals surface area contributed by atoms with E-state index in [1.54, 1.807) is 18.2 Å². The lowest BCUT2D eigenvalue weighted by molar-refractivity contribution is 0.288. The molecular weight excluding hydrogens is 277 g/mol. The first-order valence-electron chi connectivity index (χ1n) is 4.95. The molecule has 4 N–H and O–H groups in total. The number of nitrogens with two attached hydrogens (primary N) is 2. The van der Waals surface area contributed by atoms with Gasteiger partial charge in [-0.15, -0.1) is 24.8 Å². The number of nitrogens with zero attached hydrogens (tertiary/aromatic N) is 1. The van der Waals surface area contributed by atoms with Crippen molar-refractivity contribution in [3.63, 3.8) is 0 Å². The van der Waals surface area contributed by atoms with Crippen LogP contribution in [0.5, 0.6) is 5.88 Å². The van der Waals surface area contributed by atoms with Gasteiger partial charge >= 0.3 is 0 Å². The Hall–Kier alpha value is -1.43. The molecule has 2 aromatic rings. The van der Waals surface area contributed by atoms with E-state index in [0.717, 1.165) is 5.56 Å². The number of rotatable bonds is 4. The van der Waals surface area contributed by atoms with Gasteiger partial charge in [0.1, 0.15) is 6.61 Å². The molecule has 18 heavy (non-hydrogen) atoms. The number of anilines is 1. The Kier molecular flexibility index (Phi) is 7.19. The maximum Gasteiger partial charge on any atom is 0.254 e. The van der Waals surface area contributed by atoms with Gasteiger partial charge in [-0.05, 0) is 29.4 Å². The number of aromatic nitrogens is 1. The number of hydrogen-bond donors (Lipinski definition) is 2. The highest BCUT2D eigenvalue weighted by molar-refractivity contribution is 5.85. The average molecular weight is 292 g/mol. The van der Waals surface area contributed by atoms with E-state index in [1.807, 2.05) is 12.1 Å². The molecule has 0 amide bonds. The lowest BCUT2D eigenvalue weighted by Crippen LogP contribution is -2.10. The molecular formula is C11H15Cl2N3O2. The van der Waals surface area contributed by atoms with Gasteiger partial charge in [-0.3, -0.25) is 0 Å². The van der Waals surface area contributed by atoms with Gasteiger partial charge in [0, 0.05) is 23.9 Å². The van der Waals surface area contributed by atoms with Crippen molar-refractivity contribution in [3.05, 3.63) is 30.3 Å². The topological polar surface area (TPSA) is 87.3 Å². The molecule has 100 valence electrons. The number of halogens is 2. The van der Waals surface area contributed by atoms with Crippen LogP contribution in [0.25, 0.3) is 11.3 Å². The fourth-order valence-corrected chi connectivity index (χ4v) is 1.27. The van der Waals surface area contributed by atoms with Crippen LogP contribution >= 0.6 is 24.8 Å². The third-order valence-electron chi connectivity index (χ3n) is 2.05. The minimum absolute atomic E-state index is 0. The second kappa shape index (κ2) is 7.81. The Morgan fingerprint density at radius 1 is 1.17 bits per heavy atom. The molecule has 1 heterocycles. The van der Waals surface area contributed by atoms with Crippen LogP contribution in [0.4, 0.5) is 5.69 Å². The fraction of sp³-hybridized carbons (Fsp3) is 0.182. The van der Waals surface area contributed by atoms with Crippen LogP contribution in [0.2, 0.25) is 0 Å². The van der Waals surface area contributed by atoms with Crippen LogP contribution in [0.15, 0.2) is 34.9 Å². The van der Waals surface area contributed by atoms with Crippen molar-refractivity contribution in [1.82, 2.24) is 5.16 Å². The number of hydrogen-bond acceptors (Lipinski definition) is 5. The van der Waals surface area contributed by atoms with Crippen molar-refractivity contribution in [2.75, 3.05) is 18.9 Å². The summed E-state index contributed by atoms with van der Waals surface area (Å²) in [6, 6.07) is 9.06. The van der Waals surface area contributed by atoms with Gasteiger partial charge in [0.05, 0.1) is 0 Å². The van der Waals surface area contributed by atoms with Crippen molar-refractivity contribution in [2.45, 2.75) is 0 Å². The Bertz CT molecular complexity index is 460. The smallest absolute Gasteiger partial charge is 0.254 e. The standard InChI is InChI=1S/C11H13N3O2.2ClH/c12-5-6-15-11-7-10(16-14-11)8-1-3-9(13)4-2-8;;/h1-4,7H,5-6,12-13H2;2*1H. The van der Waals surface area contributed by atoms with Gasteiger partial charge in [-0.2, -0.15) is 0 Å². The van der Waals surface area contributed by atoms with E-state index in [4.69, 9.17) is 20.7 Å². The van der Waals surface area contributed by atoms with E-state index in [-0.39, 0.29) is 24.8 Å². The maximum absolute atomic E-state index is 5.59. The molecule has 0 bridgehead atoms. The quantitative estimate of drug-likeness (QED) is 0.843. The van der Waals surface area contributed by atoms with Gasteiger partial charge in [0.2, 0.25) is 0 Å². The van der Waals surface area contributed by atoms with Crippen molar-refractivity contribution >= 4 is 30.5 Å². The zero-order valence-electron chi connectivity index (χ0n) is 9.54. The molecule has 0 atom stereocenters. The summed E-state index contributed by atoms with van der Waals surface area (Å²) < 4.78 is 10.4. The fourth-order valence-electron chi connectivity index (χ4n) is 1.27. The van der Waals surface area contributed by atoms with Crippen molar-refractivity contribution in [3.8, 4) is 17.2 Å². The molecule has 0 radical (unpaired) electrons. The first-order valence-corrected chi connectivity index (χ1v) is 4.95. The molecule has 1 aromatic heterocycles. The molecule has 0 saturated carbocycles. The zero-order valence-corrected chi connectivity index (χ0v) is 11.2. The summed E-state index contributed by atoms with van der Waals surface area (Å²) in [4.78, 5) is 0. The monoisotopic (exact) mass is 291 g/mol. The number of nitrogen functional groups attached to an aromatic ring is 1. The third-order valence-corrected chi connectivity index (χ3v) is 2.05. The first kappa shape index (κ1) is 16.6. The number of ether oxygens (including phenoxy) is 1. The highest BCUT2D eigenvalue weighted by atomic mass is 35.5. The molecule has 0 aliphatic carbocycles. The molecule has 7 heteroatoms. The van der Waals surface area contributed by atoms with Crippen molar-refractivity contribution in [1.29, 1.82) is 0 Å². The van der Waals surface area contributed by atoms with Crippen LogP contribution in [-0.4, -0.2) is 18.3 Å². The molecule has 0 aliphatic heterocycles. The minimum Gasteiger partial charge on any atom is -0.474 e. The van der Waals surface area contributed by atoms with Crippen molar-refractivity contribution < 1.29 is 9.26 Å². The first-order chi connectivity index (χ1) is 7.79. The van der Waals surface area contributed by atoms with Crippen LogP contribution < -0.4 is 16.2 Å². The summed E-state index contributed by atoms with van der Waals surface area (Å²) in [5.74, 6) is 1.09. The summed E-state index contributed by atoms with van der Waals surface area (Å²) in [6.45, 7) is 0.873. The minimum atomic E-state index is 0. The predicted molar refractivity (Wildman–Crippen MR) is 75.4 cm³/mol. The summed E-state index contributed by atoms with van der Waals surface area (Å²) in [5, 5.41) is 3.77. The second-order valence-electron chi connectivity index (χ2n) is 3.29. The van der Waals surface area contributed by atoms with Crippen LogP contribution in [0.1, 0.15) is 0 Å². The second-order valence-corrected chi connectivity index (χ2v) is 3.29. The van der Waals surface area contributed by atoms with E-state index >= 15 is 0 Å². The molecule has 0 saturated heterocycles. The van der Waals surface area contributed by atoms with E-state index in [0.29, 0.717) is 30.5 Å². The molecule has 1 aromatic carbocycles. The Balaban J connectivity index is 0.00000144. The SMILES string of the molecule is Cl.Cl.NCCOc1cc(-c2ccc(N)cc2)on1. The van der Waals surface area contributed by atoms with Gasteiger partial charge in [0.25, 0.3) is 5.88 Å². The van der Waals surface area contributed by atoms with Gasteiger partial charge in [-0.1, -0.05) is 0 Å². The van der Waals surface area contributed by atoms with E-state index < -0.39 is 0 Å². The van der Waals surface area contributed by atoms with Crippen LogP contribution in [0, 0.1) is 0 Å². The molecule has 0 unspecified atom stereocenters. The maximum atomic E-state index is 5.59. The van der Waals surface area contributed by atoms with Crippen LogP contribution in [-0.2, 0) is 0 Å². The van der Waals surface area contributed by atoms with Gasteiger partial charge < -0.3 is 20.7 Å². The van der Waals surface area contributed by atoms with Gasteiger partial charge in [0.15, 0.2) is 5.76 Å². The predicted octanol–water partition coefficient (Wildman–Crippen LogP) is 2.10. The highest BCUT2D eigenvalue weighted by Crippen LogP contribution is 2.24. The third kappa shape index (κ3) is 4.10. The molecule has 0 spiro atoms.